The third-order valence-electron chi connectivity index (χ3n) is 13.6. The van der Waals surface area contributed by atoms with Crippen LogP contribution in [0.15, 0.2) is 255 Å². The Hall–Kier alpha value is -9.19. The largest absolute Gasteiger partial charge is 0.457 e. The van der Waals surface area contributed by atoms with Crippen LogP contribution >= 0.6 is 0 Å². The molecule has 69 heavy (non-hydrogen) atoms. The Balaban J connectivity index is 0.881. The van der Waals surface area contributed by atoms with E-state index in [9.17, 15) is 0 Å². The average molecular weight is 883 g/mol. The number of hydrogen-bond donors (Lipinski definition) is 0. The molecule has 0 aliphatic heterocycles. The number of rotatable bonds is 9. The quantitative estimate of drug-likeness (QED) is 0.145. The van der Waals surface area contributed by atoms with Gasteiger partial charge in [-0.2, -0.15) is 0 Å². The SMILES string of the molecule is c1ccc(-c2ccc(N(c3ccc(Oc4ccc(-c5nc(-c6ccccc6)nc(-c6ccccc6)n5)cc4)cc3)c3cccc4c3-c3ccccc3C43c4ccccc4-c4ccccc43)cc2)cc1. The van der Waals surface area contributed by atoms with Gasteiger partial charge in [-0.05, 0) is 117 Å². The van der Waals surface area contributed by atoms with Gasteiger partial charge in [-0.15, -0.1) is 0 Å². The van der Waals surface area contributed by atoms with Gasteiger partial charge in [0.05, 0.1) is 11.1 Å². The molecule has 1 aromatic heterocycles. The summed E-state index contributed by atoms with van der Waals surface area (Å²) in [6.07, 6.45) is 0. The standard InChI is InChI=1S/C64H42N4O/c1-4-17-43(18-5-1)44-31-35-48(36-32-44)68(59-30-16-29-58-60(59)54-25-12-15-28-57(54)64(58)55-26-13-10-23-52(55)53-24-11-14-27-56(53)64)49-37-41-51(42-38-49)69-50-39-33-47(34-40-50)63-66-61(45-19-6-2-7-20-45)65-62(67-63)46-21-8-3-9-22-46/h1-42H. The Morgan fingerprint density at radius 1 is 0.290 bits per heavy atom. The summed E-state index contributed by atoms with van der Waals surface area (Å²) in [6.45, 7) is 0. The lowest BCUT2D eigenvalue weighted by atomic mass is 9.70. The highest BCUT2D eigenvalue weighted by atomic mass is 16.5. The third-order valence-corrected chi connectivity index (χ3v) is 13.6. The van der Waals surface area contributed by atoms with Crippen molar-refractivity contribution < 1.29 is 4.74 Å². The molecule has 0 unspecified atom stereocenters. The maximum Gasteiger partial charge on any atom is 0.164 e. The summed E-state index contributed by atoms with van der Waals surface area (Å²) in [6, 6.07) is 89.7. The van der Waals surface area contributed by atoms with Gasteiger partial charge in [0.25, 0.3) is 0 Å². The van der Waals surface area contributed by atoms with E-state index in [1.165, 1.54) is 55.6 Å². The van der Waals surface area contributed by atoms with Crippen molar-refractivity contribution in [3.05, 3.63) is 277 Å². The van der Waals surface area contributed by atoms with Gasteiger partial charge in [-0.3, -0.25) is 0 Å². The maximum absolute atomic E-state index is 6.54. The first-order chi connectivity index (χ1) is 34.2. The van der Waals surface area contributed by atoms with Crippen LogP contribution in [0.1, 0.15) is 22.3 Å². The van der Waals surface area contributed by atoms with Gasteiger partial charge >= 0.3 is 0 Å². The van der Waals surface area contributed by atoms with Crippen molar-refractivity contribution in [2.45, 2.75) is 5.41 Å². The van der Waals surface area contributed by atoms with Crippen LogP contribution < -0.4 is 9.64 Å². The summed E-state index contributed by atoms with van der Waals surface area (Å²) in [4.78, 5) is 17.1. The number of anilines is 3. The maximum atomic E-state index is 6.54. The van der Waals surface area contributed by atoms with Crippen molar-refractivity contribution in [2.75, 3.05) is 4.90 Å². The topological polar surface area (TPSA) is 51.1 Å². The predicted octanol–water partition coefficient (Wildman–Crippen LogP) is 16.1. The van der Waals surface area contributed by atoms with E-state index in [-0.39, 0.29) is 0 Å². The van der Waals surface area contributed by atoms with Gasteiger partial charge < -0.3 is 9.64 Å². The second-order valence-electron chi connectivity index (χ2n) is 17.5. The number of ether oxygens (including phenoxy) is 1. The molecule has 2 aliphatic rings. The minimum Gasteiger partial charge on any atom is -0.457 e. The normalized spacial score (nSPS) is 12.5. The van der Waals surface area contributed by atoms with E-state index < -0.39 is 5.41 Å². The first-order valence-corrected chi connectivity index (χ1v) is 23.3. The molecule has 13 rings (SSSR count). The van der Waals surface area contributed by atoms with E-state index in [1.54, 1.807) is 0 Å². The summed E-state index contributed by atoms with van der Waals surface area (Å²) >= 11 is 0. The van der Waals surface area contributed by atoms with Crippen LogP contribution in [-0.2, 0) is 5.41 Å². The minimum absolute atomic E-state index is 0.455. The van der Waals surface area contributed by atoms with Crippen molar-refractivity contribution in [2.24, 2.45) is 0 Å². The van der Waals surface area contributed by atoms with Crippen LogP contribution in [-0.4, -0.2) is 15.0 Å². The van der Waals surface area contributed by atoms with E-state index >= 15 is 0 Å². The molecule has 0 atom stereocenters. The van der Waals surface area contributed by atoms with Crippen molar-refractivity contribution in [1.82, 2.24) is 15.0 Å². The molecule has 0 N–H and O–H groups in total. The van der Waals surface area contributed by atoms with Gasteiger partial charge in [0, 0.05) is 33.6 Å². The molecule has 5 heteroatoms. The van der Waals surface area contributed by atoms with Crippen molar-refractivity contribution in [3.8, 4) is 79.0 Å². The zero-order valence-electron chi connectivity index (χ0n) is 37.4. The molecule has 1 heterocycles. The predicted molar refractivity (Wildman–Crippen MR) is 279 cm³/mol. The van der Waals surface area contributed by atoms with E-state index in [0.717, 1.165) is 39.5 Å². The molecular formula is C64H42N4O. The zero-order chi connectivity index (χ0) is 45.7. The molecule has 0 amide bonds. The van der Waals surface area contributed by atoms with Gasteiger partial charge in [0.1, 0.15) is 11.5 Å². The fraction of sp³-hybridized carbons (Fsp3) is 0.0156. The Morgan fingerprint density at radius 2 is 0.652 bits per heavy atom. The molecule has 2 aliphatic carbocycles. The Morgan fingerprint density at radius 3 is 1.17 bits per heavy atom. The number of fused-ring (bicyclic) bond motifs is 10. The second-order valence-corrected chi connectivity index (χ2v) is 17.5. The van der Waals surface area contributed by atoms with Crippen molar-refractivity contribution >= 4 is 17.1 Å². The summed E-state index contributed by atoms with van der Waals surface area (Å²) in [5, 5.41) is 0. The zero-order valence-corrected chi connectivity index (χ0v) is 37.4. The summed E-state index contributed by atoms with van der Waals surface area (Å²) in [5.41, 5.74) is 18.1. The highest BCUT2D eigenvalue weighted by Gasteiger charge is 2.52. The van der Waals surface area contributed by atoms with E-state index in [4.69, 9.17) is 19.7 Å². The van der Waals surface area contributed by atoms with Crippen LogP contribution in [0.2, 0.25) is 0 Å². The Kier molecular flexibility index (Phi) is 9.65. The highest BCUT2D eigenvalue weighted by molar-refractivity contribution is 6.01. The van der Waals surface area contributed by atoms with Gasteiger partial charge in [0.2, 0.25) is 0 Å². The van der Waals surface area contributed by atoms with Crippen molar-refractivity contribution in [3.63, 3.8) is 0 Å². The molecule has 0 bridgehead atoms. The average Bonchev–Trinajstić information content (AvgIpc) is 3.90. The lowest BCUT2D eigenvalue weighted by molar-refractivity contribution is 0.483. The van der Waals surface area contributed by atoms with Gasteiger partial charge in [-0.1, -0.05) is 188 Å². The van der Waals surface area contributed by atoms with Crippen LogP contribution in [0.3, 0.4) is 0 Å². The lowest BCUT2D eigenvalue weighted by Gasteiger charge is -2.32. The number of hydrogen-bond acceptors (Lipinski definition) is 5. The molecule has 11 aromatic rings. The van der Waals surface area contributed by atoms with Crippen LogP contribution in [0, 0.1) is 0 Å². The first kappa shape index (κ1) is 40.1. The lowest BCUT2D eigenvalue weighted by Crippen LogP contribution is -2.26. The van der Waals surface area contributed by atoms with E-state index in [2.05, 4.69) is 175 Å². The third kappa shape index (κ3) is 6.74. The Labute approximate surface area is 401 Å². The summed E-state index contributed by atoms with van der Waals surface area (Å²) in [5.74, 6) is 3.28. The molecule has 0 fully saturated rings. The second kappa shape index (κ2) is 16.6. The van der Waals surface area contributed by atoms with Crippen molar-refractivity contribution in [1.29, 1.82) is 0 Å². The first-order valence-electron chi connectivity index (χ1n) is 23.3. The molecule has 0 radical (unpaired) electrons. The van der Waals surface area contributed by atoms with E-state index in [1.807, 2.05) is 84.9 Å². The van der Waals surface area contributed by atoms with Gasteiger partial charge in [-0.25, -0.2) is 15.0 Å². The Bertz CT molecular complexity index is 3570. The fourth-order valence-corrected chi connectivity index (χ4v) is 10.6. The molecule has 1 spiro atoms. The molecular weight excluding hydrogens is 841 g/mol. The highest BCUT2D eigenvalue weighted by Crippen LogP contribution is 2.64. The summed E-state index contributed by atoms with van der Waals surface area (Å²) < 4.78 is 6.54. The van der Waals surface area contributed by atoms with Crippen LogP contribution in [0.4, 0.5) is 17.1 Å². The fourth-order valence-electron chi connectivity index (χ4n) is 10.6. The molecule has 10 aromatic carbocycles. The number of benzene rings is 10. The van der Waals surface area contributed by atoms with Crippen LogP contribution in [0.25, 0.3) is 67.5 Å². The van der Waals surface area contributed by atoms with Gasteiger partial charge in [0.15, 0.2) is 17.5 Å². The molecule has 0 saturated carbocycles. The molecule has 0 saturated heterocycles. The smallest absolute Gasteiger partial charge is 0.164 e. The summed E-state index contributed by atoms with van der Waals surface area (Å²) in [7, 11) is 0. The number of aromatic nitrogens is 3. The molecule has 324 valence electrons. The van der Waals surface area contributed by atoms with Crippen LogP contribution in [0.5, 0.6) is 11.5 Å². The van der Waals surface area contributed by atoms with E-state index in [0.29, 0.717) is 23.2 Å². The molecule has 5 nitrogen and oxygen atoms in total. The monoisotopic (exact) mass is 882 g/mol. The minimum atomic E-state index is -0.455. The number of nitrogens with zero attached hydrogens (tertiary/aromatic N) is 4.